The minimum absolute atomic E-state index is 0.114. The Hall–Kier alpha value is -6.96. The molecule has 3 aliphatic rings. The van der Waals surface area contributed by atoms with Gasteiger partial charge in [-0.3, -0.25) is 9.59 Å². The zero-order valence-corrected chi connectivity index (χ0v) is 33.5. The first-order valence-corrected chi connectivity index (χ1v) is 20.4. The number of imidazole rings is 2. The van der Waals surface area contributed by atoms with E-state index in [4.69, 9.17) is 14.7 Å². The molecule has 1 aliphatic carbocycles. The highest BCUT2D eigenvalue weighted by atomic mass is 16.5. The Morgan fingerprint density at radius 1 is 0.767 bits per heavy atom. The monoisotopic (exact) mass is 806 g/mol. The Morgan fingerprint density at radius 3 is 2.22 bits per heavy atom. The molecular formula is C46H46N8O6. The number of benzene rings is 4. The van der Waals surface area contributed by atoms with Crippen molar-refractivity contribution in [3.8, 4) is 33.6 Å². The smallest absolute Gasteiger partial charge is 0.407 e. The van der Waals surface area contributed by atoms with E-state index in [-0.39, 0.29) is 30.4 Å². The molecule has 14 nitrogen and oxygen atoms in total. The highest BCUT2D eigenvalue weighted by molar-refractivity contribution is 5.91. The van der Waals surface area contributed by atoms with E-state index in [1.165, 1.54) is 19.8 Å². The van der Waals surface area contributed by atoms with Crippen LogP contribution in [0.4, 0.5) is 9.59 Å². The summed E-state index contributed by atoms with van der Waals surface area (Å²) in [5.41, 5.74) is 9.21. The van der Waals surface area contributed by atoms with Crippen LogP contribution in [0, 0.1) is 0 Å². The van der Waals surface area contributed by atoms with Crippen molar-refractivity contribution in [1.82, 2.24) is 40.4 Å². The number of fused-ring (bicyclic) bond motifs is 4. The van der Waals surface area contributed by atoms with E-state index in [1.54, 1.807) is 9.80 Å². The lowest BCUT2D eigenvalue weighted by molar-refractivity contribution is -0.134. The average molecular weight is 807 g/mol. The van der Waals surface area contributed by atoms with E-state index in [0.717, 1.165) is 94.5 Å². The number of aryl methyl sites for hydroxylation is 2. The Bertz CT molecular complexity index is 2600. The molecule has 4 aromatic carbocycles. The van der Waals surface area contributed by atoms with Gasteiger partial charge in [0.05, 0.1) is 49.6 Å². The van der Waals surface area contributed by atoms with Crippen LogP contribution in [0.3, 0.4) is 0 Å². The van der Waals surface area contributed by atoms with Crippen LogP contribution in [0.5, 0.6) is 0 Å². The molecule has 3 atom stereocenters. The second-order valence-corrected chi connectivity index (χ2v) is 15.5. The summed E-state index contributed by atoms with van der Waals surface area (Å²) < 4.78 is 9.46. The highest BCUT2D eigenvalue weighted by Gasteiger charge is 2.37. The van der Waals surface area contributed by atoms with Crippen LogP contribution in [-0.2, 0) is 31.9 Å². The molecule has 306 valence electrons. The molecule has 4 N–H and O–H groups in total. The number of aromatic nitrogens is 4. The minimum atomic E-state index is -0.879. The van der Waals surface area contributed by atoms with Crippen LogP contribution < -0.4 is 10.6 Å². The molecule has 4 amide bonds. The van der Waals surface area contributed by atoms with Gasteiger partial charge in [-0.15, -0.1) is 0 Å². The average Bonchev–Trinajstić information content (AvgIpc) is 4.13. The number of nitrogens with zero attached hydrogens (tertiary/aromatic N) is 4. The molecule has 0 saturated carbocycles. The number of H-pyrrole nitrogens is 2. The third-order valence-corrected chi connectivity index (χ3v) is 12.0. The molecule has 2 aromatic heterocycles. The third kappa shape index (κ3) is 7.44. The number of aromatic amines is 2. The van der Waals surface area contributed by atoms with Crippen LogP contribution in [0.15, 0.2) is 91.1 Å². The molecule has 0 spiro atoms. The summed E-state index contributed by atoms with van der Waals surface area (Å²) in [6.45, 7) is 1.06. The van der Waals surface area contributed by atoms with Gasteiger partial charge >= 0.3 is 12.2 Å². The number of carbonyl (C=O) groups excluding carboxylic acids is 4. The maximum atomic E-state index is 14.0. The lowest BCUT2D eigenvalue weighted by Crippen LogP contribution is -2.42. The fraction of sp³-hybridized carbons (Fsp3) is 0.304. The third-order valence-electron chi connectivity index (χ3n) is 12.0. The molecule has 2 saturated heterocycles. The Labute approximate surface area is 346 Å². The van der Waals surface area contributed by atoms with E-state index in [1.807, 2.05) is 36.5 Å². The summed E-state index contributed by atoms with van der Waals surface area (Å²) in [6, 6.07) is 27.4. The van der Waals surface area contributed by atoms with Crippen LogP contribution in [0.2, 0.25) is 0 Å². The molecule has 0 radical (unpaired) electrons. The first-order chi connectivity index (χ1) is 29.3. The standard InChI is InChI=1S/C46H46N8O6/c1-59-45(57)48-26-39(55)53-20-6-11-38(53)43-49-35-19-17-32-23-31(16-18-34(32)41(35)51-43)28-12-13-30-24-33(15-14-29(30)22-28)36-25-47-42(50-36)37-10-7-21-54(37)44(56)40(52-46(58)60-2)27-8-4-3-5-9-27/h3-5,8-9,12-16,18,22-25,37-38,40H,6-7,10-11,17,19-21,26H2,1-2H3,(H,47,50)(H,48,57)(H,49,51)(H,52,58)/t37-,38-,40+/m0/s1. The van der Waals surface area contributed by atoms with Crippen molar-refractivity contribution in [2.75, 3.05) is 33.9 Å². The molecule has 9 rings (SSSR count). The largest absolute Gasteiger partial charge is 0.453 e. The predicted octanol–water partition coefficient (Wildman–Crippen LogP) is 7.17. The van der Waals surface area contributed by atoms with Crippen molar-refractivity contribution >= 4 is 34.8 Å². The van der Waals surface area contributed by atoms with Crippen LogP contribution in [0.25, 0.3) is 44.4 Å². The van der Waals surface area contributed by atoms with Gasteiger partial charge < -0.3 is 39.9 Å². The van der Waals surface area contributed by atoms with Gasteiger partial charge in [-0.2, -0.15) is 0 Å². The molecule has 6 aromatic rings. The number of nitrogens with one attached hydrogen (secondary N) is 4. The van der Waals surface area contributed by atoms with Gasteiger partial charge in [-0.1, -0.05) is 72.8 Å². The number of carbonyl (C=O) groups is 4. The molecule has 60 heavy (non-hydrogen) atoms. The van der Waals surface area contributed by atoms with Crippen molar-refractivity contribution in [1.29, 1.82) is 0 Å². The quantitative estimate of drug-likeness (QED) is 0.119. The lowest BCUT2D eigenvalue weighted by Gasteiger charge is -2.28. The Kier molecular flexibility index (Phi) is 10.5. The van der Waals surface area contributed by atoms with Gasteiger partial charge in [-0.25, -0.2) is 19.6 Å². The Morgan fingerprint density at radius 2 is 1.45 bits per heavy atom. The van der Waals surface area contributed by atoms with Crippen molar-refractivity contribution in [2.45, 2.75) is 56.7 Å². The number of amides is 4. The number of hydrogen-bond acceptors (Lipinski definition) is 8. The van der Waals surface area contributed by atoms with E-state index < -0.39 is 18.2 Å². The molecule has 2 aliphatic heterocycles. The van der Waals surface area contributed by atoms with E-state index in [0.29, 0.717) is 24.5 Å². The molecular weight excluding hydrogens is 761 g/mol. The van der Waals surface area contributed by atoms with E-state index in [2.05, 4.69) is 79.9 Å². The second-order valence-electron chi connectivity index (χ2n) is 15.5. The summed E-state index contributed by atoms with van der Waals surface area (Å²) in [4.78, 5) is 71.1. The number of hydrogen-bond donors (Lipinski definition) is 4. The maximum Gasteiger partial charge on any atom is 0.407 e. The van der Waals surface area contributed by atoms with Crippen LogP contribution >= 0.6 is 0 Å². The van der Waals surface area contributed by atoms with Crippen molar-refractivity contribution in [3.63, 3.8) is 0 Å². The molecule has 0 unspecified atom stereocenters. The van der Waals surface area contributed by atoms with Crippen molar-refractivity contribution in [3.05, 3.63) is 120 Å². The first-order valence-electron chi connectivity index (χ1n) is 20.4. The molecule has 4 heterocycles. The molecule has 2 fully saturated rings. The highest BCUT2D eigenvalue weighted by Crippen LogP contribution is 2.39. The number of ether oxygens (including phenoxy) is 2. The van der Waals surface area contributed by atoms with E-state index >= 15 is 0 Å². The molecule has 14 heteroatoms. The van der Waals surface area contributed by atoms with Crippen LogP contribution in [0.1, 0.15) is 72.3 Å². The maximum absolute atomic E-state index is 14.0. The van der Waals surface area contributed by atoms with Gasteiger partial charge in [0.2, 0.25) is 5.91 Å². The number of rotatable bonds is 9. The van der Waals surface area contributed by atoms with Gasteiger partial charge in [0.1, 0.15) is 24.2 Å². The summed E-state index contributed by atoms with van der Waals surface area (Å²) >= 11 is 0. The topological polar surface area (TPSA) is 175 Å². The predicted molar refractivity (Wildman–Crippen MR) is 224 cm³/mol. The normalized spacial score (nSPS) is 17.5. The van der Waals surface area contributed by atoms with Crippen molar-refractivity contribution < 1.29 is 28.7 Å². The fourth-order valence-electron chi connectivity index (χ4n) is 8.98. The Balaban J connectivity index is 0.903. The number of methoxy groups -OCH3 is 2. The van der Waals surface area contributed by atoms with Gasteiger partial charge in [-0.05, 0) is 83.7 Å². The number of likely N-dealkylation sites (tertiary alicyclic amines) is 2. The van der Waals surface area contributed by atoms with Gasteiger partial charge in [0, 0.05) is 24.2 Å². The first kappa shape index (κ1) is 38.6. The summed E-state index contributed by atoms with van der Waals surface area (Å²) in [6.07, 6.45) is 5.46. The van der Waals surface area contributed by atoms with Crippen molar-refractivity contribution in [2.24, 2.45) is 0 Å². The lowest BCUT2D eigenvalue weighted by atomic mass is 9.89. The fourth-order valence-corrected chi connectivity index (χ4v) is 8.98. The number of alkyl carbamates (subject to hydrolysis) is 2. The van der Waals surface area contributed by atoms with E-state index in [9.17, 15) is 19.2 Å². The second kappa shape index (κ2) is 16.4. The zero-order chi connectivity index (χ0) is 41.3. The van der Waals surface area contributed by atoms with Gasteiger partial charge in [0.15, 0.2) is 0 Å². The summed E-state index contributed by atoms with van der Waals surface area (Å²) in [5, 5.41) is 7.43. The summed E-state index contributed by atoms with van der Waals surface area (Å²) in [7, 11) is 2.56. The van der Waals surface area contributed by atoms with Crippen LogP contribution in [-0.4, -0.2) is 87.6 Å². The molecule has 0 bridgehead atoms. The SMILES string of the molecule is COC(=O)NCC(=O)N1CCC[C@H]1c1nc2c([nH]1)-c1ccc(-c3ccc4cc(-c5cnc([C@@H]6CCCN6C(=O)[C@H](NC(=O)OC)c6ccccc6)[nH]5)ccc4c3)cc1CC2. The zero-order valence-electron chi connectivity index (χ0n) is 33.5. The summed E-state index contributed by atoms with van der Waals surface area (Å²) in [5.74, 6) is 1.14. The minimum Gasteiger partial charge on any atom is -0.453 e. The van der Waals surface area contributed by atoms with Gasteiger partial charge in [0.25, 0.3) is 5.91 Å².